The molecule has 1 saturated heterocycles. The molecule has 3 amide bonds. The van der Waals surface area contributed by atoms with Gasteiger partial charge in [-0.2, -0.15) is 5.06 Å². The Morgan fingerprint density at radius 2 is 2.13 bits per heavy atom. The molecule has 0 spiro atoms. The van der Waals surface area contributed by atoms with Gasteiger partial charge in [-0.05, 0) is 30.2 Å². The van der Waals surface area contributed by atoms with E-state index in [2.05, 4.69) is 5.32 Å². The number of carboxylic acids is 1. The molecule has 9 nitrogen and oxygen atoms in total. The summed E-state index contributed by atoms with van der Waals surface area (Å²) in [5, 5.41) is 22.3. The zero-order valence-electron chi connectivity index (χ0n) is 12.2. The predicted octanol–water partition coefficient (Wildman–Crippen LogP) is 1.10. The van der Waals surface area contributed by atoms with Gasteiger partial charge in [0.2, 0.25) is 0 Å². The van der Waals surface area contributed by atoms with E-state index in [0.717, 1.165) is 4.90 Å². The van der Waals surface area contributed by atoms with Crippen LogP contribution in [0.15, 0.2) is 18.2 Å². The van der Waals surface area contributed by atoms with Crippen LogP contribution in [0.5, 0.6) is 5.75 Å². The number of carbonyl (C=O) groups is 3. The highest BCUT2D eigenvalue weighted by Gasteiger charge is 2.50. The van der Waals surface area contributed by atoms with Crippen molar-refractivity contribution < 1.29 is 29.4 Å². The van der Waals surface area contributed by atoms with Gasteiger partial charge in [-0.15, -0.1) is 0 Å². The summed E-state index contributed by atoms with van der Waals surface area (Å²) in [7, 11) is 0. The quantitative estimate of drug-likeness (QED) is 0.717. The Kier molecular flexibility index (Phi) is 3.57. The number of hydroxylamine groups is 2. The Bertz CT molecular complexity index is 691. The van der Waals surface area contributed by atoms with Gasteiger partial charge in [0.25, 0.3) is 0 Å². The Labute approximate surface area is 131 Å². The first-order valence-electron chi connectivity index (χ1n) is 7.05. The minimum atomic E-state index is -1.19. The van der Waals surface area contributed by atoms with Gasteiger partial charge < -0.3 is 20.1 Å². The molecule has 1 unspecified atom stereocenters. The van der Waals surface area contributed by atoms with Gasteiger partial charge in [-0.3, -0.25) is 5.21 Å². The van der Waals surface area contributed by atoms with Crippen molar-refractivity contribution >= 4 is 18.1 Å². The van der Waals surface area contributed by atoms with Crippen molar-refractivity contribution in [2.75, 3.05) is 13.1 Å². The van der Waals surface area contributed by atoms with Crippen molar-refractivity contribution in [2.24, 2.45) is 0 Å². The van der Waals surface area contributed by atoms with Gasteiger partial charge >= 0.3 is 18.1 Å². The summed E-state index contributed by atoms with van der Waals surface area (Å²) in [5.41, 5.74) is 0.839. The zero-order chi connectivity index (χ0) is 16.7. The number of nitrogens with zero attached hydrogens (tertiary/aromatic N) is 2. The van der Waals surface area contributed by atoms with Gasteiger partial charge in [0, 0.05) is 6.54 Å². The number of hydrogen-bond acceptors (Lipinski definition) is 5. The molecular weight excluding hydrogens is 306 g/mol. The maximum absolute atomic E-state index is 12.0. The first-order chi connectivity index (χ1) is 10.9. The molecule has 2 aliphatic heterocycles. The number of ether oxygens (including phenoxy) is 1. The first-order valence-corrected chi connectivity index (χ1v) is 7.05. The summed E-state index contributed by atoms with van der Waals surface area (Å²) in [6.07, 6.45) is -0.636. The molecule has 0 aliphatic carbocycles. The molecular formula is C14H15N3O6. The van der Waals surface area contributed by atoms with Crippen molar-refractivity contribution in [3.05, 3.63) is 29.3 Å². The number of carbonyl (C=O) groups excluding carboxylic acids is 2. The number of fused-ring (bicyclic) bond motifs is 4. The van der Waals surface area contributed by atoms with Crippen LogP contribution in [0.2, 0.25) is 0 Å². The minimum Gasteiger partial charge on any atom is -0.479 e. The van der Waals surface area contributed by atoms with E-state index in [4.69, 9.17) is 4.74 Å². The largest absolute Gasteiger partial charge is 0.479 e. The maximum atomic E-state index is 12.0. The van der Waals surface area contributed by atoms with Crippen molar-refractivity contribution in [1.29, 1.82) is 0 Å². The number of urea groups is 1. The second kappa shape index (κ2) is 5.43. The number of hydrogen-bond donors (Lipinski definition) is 3. The van der Waals surface area contributed by atoms with Gasteiger partial charge in [-0.1, -0.05) is 6.07 Å². The molecule has 2 aliphatic rings. The number of rotatable bonds is 3. The molecule has 2 atom stereocenters. The van der Waals surface area contributed by atoms with Crippen LogP contribution in [0.4, 0.5) is 9.59 Å². The average molecular weight is 321 g/mol. The third kappa shape index (κ3) is 2.34. The molecule has 1 aromatic rings. The molecule has 23 heavy (non-hydrogen) atoms. The fourth-order valence-corrected chi connectivity index (χ4v) is 2.93. The summed E-state index contributed by atoms with van der Waals surface area (Å²) in [5.74, 6) is -0.981. The fraction of sp³-hybridized carbons (Fsp3) is 0.357. The Balaban J connectivity index is 2.00. The third-order valence-corrected chi connectivity index (χ3v) is 3.90. The first kappa shape index (κ1) is 15.1. The molecule has 3 rings (SSSR count). The zero-order valence-corrected chi connectivity index (χ0v) is 12.2. The monoisotopic (exact) mass is 321 g/mol. The lowest BCUT2D eigenvalue weighted by atomic mass is 9.91. The molecule has 2 heterocycles. The van der Waals surface area contributed by atoms with Gasteiger partial charge in [0.05, 0.1) is 6.54 Å². The molecule has 3 N–H and O–H groups in total. The van der Waals surface area contributed by atoms with Crippen molar-refractivity contribution in [1.82, 2.24) is 15.3 Å². The van der Waals surface area contributed by atoms with Crippen molar-refractivity contribution in [2.45, 2.75) is 19.0 Å². The Hall–Kier alpha value is -2.81. The molecule has 0 aromatic heterocycles. The smallest absolute Gasteiger partial charge is 0.412 e. The van der Waals surface area contributed by atoms with Crippen LogP contribution >= 0.6 is 0 Å². The molecule has 9 heteroatoms. The normalized spacial score (nSPS) is 21.9. The number of carboxylic acid groups (broad SMARTS) is 1. The van der Waals surface area contributed by atoms with E-state index < -0.39 is 30.2 Å². The summed E-state index contributed by atoms with van der Waals surface area (Å²) in [6.45, 7) is 2.21. The average Bonchev–Trinajstić information content (AvgIpc) is 2.74. The lowest BCUT2D eigenvalue weighted by Crippen LogP contribution is -2.38. The highest BCUT2D eigenvalue weighted by molar-refractivity contribution is 5.87. The third-order valence-electron chi connectivity index (χ3n) is 3.90. The van der Waals surface area contributed by atoms with Crippen LogP contribution in [-0.4, -0.2) is 51.5 Å². The van der Waals surface area contributed by atoms with Crippen LogP contribution in [0.25, 0.3) is 0 Å². The van der Waals surface area contributed by atoms with Crippen LogP contribution in [0, 0.1) is 0 Å². The summed E-state index contributed by atoms with van der Waals surface area (Å²) in [4.78, 5) is 36.1. The molecule has 1 aromatic carbocycles. The van der Waals surface area contributed by atoms with Crippen LogP contribution in [0.3, 0.4) is 0 Å². The van der Waals surface area contributed by atoms with Crippen molar-refractivity contribution in [3.63, 3.8) is 0 Å². The van der Waals surface area contributed by atoms with Crippen LogP contribution in [-0.2, 0) is 4.79 Å². The predicted molar refractivity (Wildman–Crippen MR) is 75.0 cm³/mol. The number of nitrogens with one attached hydrogen (secondary N) is 1. The van der Waals surface area contributed by atoms with E-state index in [-0.39, 0.29) is 12.3 Å². The van der Waals surface area contributed by atoms with E-state index in [1.165, 1.54) is 18.2 Å². The lowest BCUT2D eigenvalue weighted by molar-refractivity contribution is -0.142. The van der Waals surface area contributed by atoms with Gasteiger partial charge in [-0.25, -0.2) is 14.4 Å². The lowest BCUT2D eigenvalue weighted by Gasteiger charge is -2.30. The summed E-state index contributed by atoms with van der Waals surface area (Å²) in [6, 6.07) is 1.81. The van der Waals surface area contributed by atoms with Crippen LogP contribution < -0.4 is 10.1 Å². The van der Waals surface area contributed by atoms with E-state index in [9.17, 15) is 24.7 Å². The number of amides is 3. The summed E-state index contributed by atoms with van der Waals surface area (Å²) >= 11 is 0. The second-order valence-electron chi connectivity index (χ2n) is 5.25. The van der Waals surface area contributed by atoms with E-state index in [0.29, 0.717) is 22.7 Å². The molecule has 122 valence electrons. The Morgan fingerprint density at radius 3 is 2.78 bits per heavy atom. The molecule has 1 fully saturated rings. The molecule has 2 bridgehead atoms. The van der Waals surface area contributed by atoms with Gasteiger partial charge in [0.15, 0.2) is 6.04 Å². The SMILES string of the molecule is CCNC(=O)Oc1ccc2c(c1)[C@H]1CN(C(=O)N1O)C2C(=O)O. The molecule has 0 radical (unpaired) electrons. The maximum Gasteiger partial charge on any atom is 0.412 e. The van der Waals surface area contributed by atoms with Crippen LogP contribution in [0.1, 0.15) is 30.1 Å². The number of aliphatic carboxylic acids is 1. The topological polar surface area (TPSA) is 119 Å². The molecule has 0 saturated carbocycles. The standard InChI is InChI=1S/C14H15N3O6/c1-2-15-13(20)23-7-3-4-8-9(5-7)10-6-16(11(8)12(18)19)14(21)17(10)22/h3-5,10-11,22H,2,6H2,1H3,(H,15,20)(H,18,19)/t10-,11?/m1/s1. The highest BCUT2D eigenvalue weighted by atomic mass is 16.6. The highest BCUT2D eigenvalue weighted by Crippen LogP contribution is 2.44. The number of benzene rings is 1. The van der Waals surface area contributed by atoms with E-state index in [1.807, 2.05) is 0 Å². The Morgan fingerprint density at radius 1 is 1.39 bits per heavy atom. The van der Waals surface area contributed by atoms with E-state index >= 15 is 0 Å². The second-order valence-corrected chi connectivity index (χ2v) is 5.25. The fourth-order valence-electron chi connectivity index (χ4n) is 2.93. The van der Waals surface area contributed by atoms with Gasteiger partial charge in [0.1, 0.15) is 11.8 Å². The van der Waals surface area contributed by atoms with Crippen molar-refractivity contribution in [3.8, 4) is 5.75 Å². The summed E-state index contributed by atoms with van der Waals surface area (Å²) < 4.78 is 5.09. The minimum absolute atomic E-state index is 0.0594. The van der Waals surface area contributed by atoms with E-state index in [1.54, 1.807) is 6.92 Å².